The minimum absolute atomic E-state index is 0.146. The second kappa shape index (κ2) is 5.84. The number of benzene rings is 2. The van der Waals surface area contributed by atoms with Crippen molar-refractivity contribution in [3.8, 4) is 11.5 Å². The van der Waals surface area contributed by atoms with Crippen molar-refractivity contribution in [1.29, 1.82) is 0 Å². The number of halogens is 4. The van der Waals surface area contributed by atoms with Gasteiger partial charge in [0.05, 0.1) is 6.04 Å². The van der Waals surface area contributed by atoms with E-state index < -0.39 is 24.0 Å². The Bertz CT molecular complexity index is 668. The molecule has 0 saturated carbocycles. The van der Waals surface area contributed by atoms with Gasteiger partial charge in [-0.25, -0.2) is 4.39 Å². The lowest BCUT2D eigenvalue weighted by molar-refractivity contribution is -0.274. The van der Waals surface area contributed by atoms with Crippen molar-refractivity contribution in [2.75, 3.05) is 0 Å². The zero-order valence-corrected chi connectivity index (χ0v) is 11.5. The molecule has 2 rings (SSSR count). The first kappa shape index (κ1) is 16.1. The molecule has 0 fully saturated rings. The highest BCUT2D eigenvalue weighted by molar-refractivity contribution is 5.44. The van der Waals surface area contributed by atoms with Crippen LogP contribution in [-0.4, -0.2) is 11.5 Å². The molecular formula is C15H13F4NO2. The first-order valence-electron chi connectivity index (χ1n) is 6.28. The van der Waals surface area contributed by atoms with Crippen LogP contribution in [0.4, 0.5) is 17.6 Å². The van der Waals surface area contributed by atoms with Gasteiger partial charge in [-0.2, -0.15) is 0 Å². The van der Waals surface area contributed by atoms with Gasteiger partial charge < -0.3 is 15.6 Å². The van der Waals surface area contributed by atoms with Gasteiger partial charge in [0.2, 0.25) is 0 Å². The fourth-order valence-electron chi connectivity index (χ4n) is 1.99. The highest BCUT2D eigenvalue weighted by Gasteiger charge is 2.31. The molecule has 0 aliphatic rings. The van der Waals surface area contributed by atoms with Crippen LogP contribution in [0.1, 0.15) is 22.7 Å². The zero-order chi connectivity index (χ0) is 16.5. The maximum absolute atomic E-state index is 13.7. The second-order valence-corrected chi connectivity index (χ2v) is 4.73. The summed E-state index contributed by atoms with van der Waals surface area (Å²) >= 11 is 0. The Morgan fingerprint density at radius 1 is 1.09 bits per heavy atom. The van der Waals surface area contributed by atoms with Crippen LogP contribution >= 0.6 is 0 Å². The Hall–Kier alpha value is -2.28. The van der Waals surface area contributed by atoms with Gasteiger partial charge in [0.25, 0.3) is 0 Å². The highest BCUT2D eigenvalue weighted by atomic mass is 19.4. The van der Waals surface area contributed by atoms with Crippen LogP contribution in [-0.2, 0) is 0 Å². The number of hydrogen-bond donors (Lipinski definition) is 2. The topological polar surface area (TPSA) is 55.5 Å². The molecule has 0 saturated heterocycles. The standard InChI is InChI=1S/C15H13F4NO2/c1-8-2-7-11(14(21)12(8)16)13(20)9-3-5-10(6-4-9)22-15(17,18)19/h2-7,13,21H,20H2,1H3/t13-/m0/s1. The summed E-state index contributed by atoms with van der Waals surface area (Å²) in [6.07, 6.45) is -4.78. The summed E-state index contributed by atoms with van der Waals surface area (Å²) in [5.41, 5.74) is 6.75. The maximum Gasteiger partial charge on any atom is 0.573 e. The molecule has 0 aliphatic carbocycles. The van der Waals surface area contributed by atoms with Crippen LogP contribution in [0.3, 0.4) is 0 Å². The molecular weight excluding hydrogens is 302 g/mol. The summed E-state index contributed by atoms with van der Waals surface area (Å²) in [4.78, 5) is 0. The zero-order valence-electron chi connectivity index (χ0n) is 11.5. The normalized spacial score (nSPS) is 13.0. The van der Waals surface area contributed by atoms with Crippen LogP contribution in [0.2, 0.25) is 0 Å². The van der Waals surface area contributed by atoms with Crippen LogP contribution in [0.15, 0.2) is 36.4 Å². The van der Waals surface area contributed by atoms with Crippen LogP contribution < -0.4 is 10.5 Å². The lowest BCUT2D eigenvalue weighted by Crippen LogP contribution is -2.17. The van der Waals surface area contributed by atoms with Crippen molar-refractivity contribution in [1.82, 2.24) is 0 Å². The molecule has 0 bridgehead atoms. The molecule has 0 amide bonds. The van der Waals surface area contributed by atoms with Crippen molar-refractivity contribution in [2.45, 2.75) is 19.3 Å². The van der Waals surface area contributed by atoms with Gasteiger partial charge in [-0.05, 0) is 30.2 Å². The second-order valence-electron chi connectivity index (χ2n) is 4.73. The van der Waals surface area contributed by atoms with Gasteiger partial charge in [0, 0.05) is 5.56 Å². The molecule has 118 valence electrons. The molecule has 22 heavy (non-hydrogen) atoms. The number of alkyl halides is 3. The average molecular weight is 315 g/mol. The number of phenolic OH excluding ortho intramolecular Hbond substituents is 1. The van der Waals surface area contributed by atoms with E-state index in [9.17, 15) is 22.7 Å². The van der Waals surface area contributed by atoms with E-state index in [0.29, 0.717) is 5.56 Å². The molecule has 0 aliphatic heterocycles. The molecule has 0 spiro atoms. The monoisotopic (exact) mass is 315 g/mol. The van der Waals surface area contributed by atoms with Crippen LogP contribution in [0, 0.1) is 12.7 Å². The summed E-state index contributed by atoms with van der Waals surface area (Å²) in [6.45, 7) is 1.49. The molecule has 1 atom stereocenters. The van der Waals surface area contributed by atoms with Gasteiger partial charge in [-0.15, -0.1) is 13.2 Å². The summed E-state index contributed by atoms with van der Waals surface area (Å²) in [6, 6.07) is 6.90. The van der Waals surface area contributed by atoms with Crippen molar-refractivity contribution < 1.29 is 27.4 Å². The number of aryl methyl sites for hydroxylation is 1. The van der Waals surface area contributed by atoms with E-state index in [0.717, 1.165) is 12.1 Å². The van der Waals surface area contributed by atoms with Gasteiger partial charge >= 0.3 is 6.36 Å². The largest absolute Gasteiger partial charge is 0.573 e. The Morgan fingerprint density at radius 3 is 2.23 bits per heavy atom. The molecule has 0 unspecified atom stereocenters. The first-order valence-corrected chi connectivity index (χ1v) is 6.28. The lowest BCUT2D eigenvalue weighted by Gasteiger charge is -2.16. The molecule has 0 heterocycles. The third-order valence-corrected chi connectivity index (χ3v) is 3.15. The average Bonchev–Trinajstić information content (AvgIpc) is 2.43. The third-order valence-electron chi connectivity index (χ3n) is 3.15. The summed E-state index contributed by atoms with van der Waals surface area (Å²) in [5, 5.41) is 9.79. The number of aromatic hydroxyl groups is 1. The summed E-state index contributed by atoms with van der Waals surface area (Å²) in [7, 11) is 0. The molecule has 3 N–H and O–H groups in total. The fourth-order valence-corrected chi connectivity index (χ4v) is 1.99. The predicted octanol–water partition coefficient (Wildman–Crippen LogP) is 3.79. The van der Waals surface area contributed by atoms with E-state index in [1.807, 2.05) is 0 Å². The lowest BCUT2D eigenvalue weighted by atomic mass is 9.97. The minimum atomic E-state index is -4.78. The Kier molecular flexibility index (Phi) is 4.27. The van der Waals surface area contributed by atoms with Gasteiger partial charge in [0.1, 0.15) is 5.75 Å². The first-order chi connectivity index (χ1) is 10.2. The predicted molar refractivity (Wildman–Crippen MR) is 72.0 cm³/mol. The van der Waals surface area contributed by atoms with Crippen LogP contribution in [0.25, 0.3) is 0 Å². The van der Waals surface area contributed by atoms with Gasteiger partial charge in [-0.3, -0.25) is 0 Å². The SMILES string of the molecule is Cc1ccc([C@@H](N)c2ccc(OC(F)(F)F)cc2)c(O)c1F. The van der Waals surface area contributed by atoms with Crippen molar-refractivity contribution in [3.05, 3.63) is 58.9 Å². The highest BCUT2D eigenvalue weighted by Crippen LogP contribution is 2.32. The van der Waals surface area contributed by atoms with Gasteiger partial charge in [-0.1, -0.05) is 24.3 Å². The van der Waals surface area contributed by atoms with Crippen molar-refractivity contribution in [2.24, 2.45) is 5.73 Å². The Balaban J connectivity index is 2.27. The van der Waals surface area contributed by atoms with Crippen molar-refractivity contribution in [3.63, 3.8) is 0 Å². The number of nitrogens with two attached hydrogens (primary N) is 1. The van der Waals surface area contributed by atoms with Crippen molar-refractivity contribution >= 4 is 0 Å². The number of phenols is 1. The number of ether oxygens (including phenoxy) is 1. The molecule has 3 nitrogen and oxygen atoms in total. The van der Waals surface area contributed by atoms with Gasteiger partial charge in [0.15, 0.2) is 11.6 Å². The fraction of sp³-hybridized carbons (Fsp3) is 0.200. The Morgan fingerprint density at radius 2 is 1.68 bits per heavy atom. The smallest absolute Gasteiger partial charge is 0.505 e. The van der Waals surface area contributed by atoms with E-state index in [-0.39, 0.29) is 16.9 Å². The van der Waals surface area contributed by atoms with E-state index in [2.05, 4.69) is 4.74 Å². The van der Waals surface area contributed by atoms with E-state index in [1.54, 1.807) is 0 Å². The molecule has 7 heteroatoms. The van der Waals surface area contributed by atoms with E-state index >= 15 is 0 Å². The van der Waals surface area contributed by atoms with E-state index in [4.69, 9.17) is 5.73 Å². The van der Waals surface area contributed by atoms with E-state index in [1.165, 1.54) is 31.2 Å². The number of rotatable bonds is 3. The molecule has 0 aromatic heterocycles. The summed E-state index contributed by atoms with van der Waals surface area (Å²) in [5.74, 6) is -1.73. The van der Waals surface area contributed by atoms with Crippen LogP contribution in [0.5, 0.6) is 11.5 Å². The molecule has 2 aromatic carbocycles. The minimum Gasteiger partial charge on any atom is -0.505 e. The summed E-state index contributed by atoms with van der Waals surface area (Å²) < 4.78 is 53.7. The Labute approximate surface area is 123 Å². The number of hydrogen-bond acceptors (Lipinski definition) is 3. The third kappa shape index (κ3) is 3.48. The quantitative estimate of drug-likeness (QED) is 0.847. The molecule has 2 aromatic rings. The molecule has 0 radical (unpaired) electrons. The maximum atomic E-state index is 13.7.